The summed E-state index contributed by atoms with van der Waals surface area (Å²) in [5, 5.41) is 0. The summed E-state index contributed by atoms with van der Waals surface area (Å²) in [6, 6.07) is 0. The molecule has 0 bridgehead atoms. The predicted molar refractivity (Wildman–Crippen MR) is 88.1 cm³/mol. The van der Waals surface area contributed by atoms with E-state index in [1.807, 2.05) is 0 Å². The highest BCUT2D eigenvalue weighted by Crippen LogP contribution is 2.07. The molecule has 0 radical (unpaired) electrons. The summed E-state index contributed by atoms with van der Waals surface area (Å²) in [5.41, 5.74) is 0. The summed E-state index contributed by atoms with van der Waals surface area (Å²) in [6.07, 6.45) is 2.72. The SMILES string of the molecule is CCCC[N+](CC)(CC)CC.CC[NH+](CC)CC.[OH-].[OH-]. The third-order valence-corrected chi connectivity index (χ3v) is 4.50. The number of hydrogen-bond donors (Lipinski definition) is 1. The van der Waals surface area contributed by atoms with E-state index in [9.17, 15) is 0 Å². The lowest BCUT2D eigenvalue weighted by Crippen LogP contribution is -3.11. The van der Waals surface area contributed by atoms with E-state index in [-0.39, 0.29) is 11.0 Å². The molecule has 0 aromatic rings. The zero-order chi connectivity index (χ0) is 14.4. The first kappa shape index (κ1) is 28.1. The fourth-order valence-electron chi connectivity index (χ4n) is 2.39. The van der Waals surface area contributed by atoms with Crippen LogP contribution >= 0.6 is 0 Å². The van der Waals surface area contributed by atoms with Gasteiger partial charge in [0.1, 0.15) is 0 Å². The van der Waals surface area contributed by atoms with Crippen molar-refractivity contribution in [3.05, 3.63) is 0 Å². The molecule has 0 aliphatic rings. The molecule has 0 fully saturated rings. The summed E-state index contributed by atoms with van der Waals surface area (Å²) >= 11 is 0. The van der Waals surface area contributed by atoms with E-state index in [1.54, 1.807) is 4.90 Å². The Bertz CT molecular complexity index is 145. The highest BCUT2D eigenvalue weighted by molar-refractivity contribution is 4.38. The highest BCUT2D eigenvalue weighted by atomic mass is 16.0. The second kappa shape index (κ2) is 18.8. The third-order valence-electron chi connectivity index (χ3n) is 4.50. The lowest BCUT2D eigenvalue weighted by atomic mass is 10.2. The van der Waals surface area contributed by atoms with Crippen LogP contribution in [-0.4, -0.2) is 61.2 Å². The molecule has 0 aliphatic carbocycles. The number of rotatable bonds is 9. The predicted octanol–water partition coefficient (Wildman–Crippen LogP) is 2.24. The van der Waals surface area contributed by atoms with E-state index in [1.165, 1.54) is 63.1 Å². The van der Waals surface area contributed by atoms with Crippen molar-refractivity contribution in [3.8, 4) is 0 Å². The maximum absolute atomic E-state index is 2.31. The van der Waals surface area contributed by atoms with Gasteiger partial charge in [0.25, 0.3) is 0 Å². The quantitative estimate of drug-likeness (QED) is 0.663. The third kappa shape index (κ3) is 12.9. The number of hydrogen-bond acceptors (Lipinski definition) is 2. The number of nitrogens with one attached hydrogen (secondary N) is 1. The molecule has 0 saturated carbocycles. The fourth-order valence-corrected chi connectivity index (χ4v) is 2.39. The van der Waals surface area contributed by atoms with Crippen LogP contribution in [-0.2, 0) is 0 Å². The summed E-state index contributed by atoms with van der Waals surface area (Å²) in [4.78, 5) is 1.68. The van der Waals surface area contributed by atoms with E-state index in [2.05, 4.69) is 48.5 Å². The van der Waals surface area contributed by atoms with Gasteiger partial charge < -0.3 is 20.3 Å². The maximum Gasteiger partial charge on any atom is 0.0786 e. The molecule has 128 valence electrons. The Morgan fingerprint density at radius 1 is 0.650 bits per heavy atom. The van der Waals surface area contributed by atoms with Crippen LogP contribution in [0.15, 0.2) is 0 Å². The highest BCUT2D eigenvalue weighted by Gasteiger charge is 2.18. The first-order chi connectivity index (χ1) is 8.59. The lowest BCUT2D eigenvalue weighted by molar-refractivity contribution is -0.923. The molecule has 0 unspecified atom stereocenters. The summed E-state index contributed by atoms with van der Waals surface area (Å²) in [7, 11) is 0. The van der Waals surface area contributed by atoms with Crippen LogP contribution in [0, 0.1) is 0 Å². The normalized spacial score (nSPS) is 10.2. The van der Waals surface area contributed by atoms with E-state index in [0.29, 0.717) is 0 Å². The first-order valence-corrected chi connectivity index (χ1v) is 8.28. The molecule has 0 aromatic heterocycles. The Balaban J connectivity index is -0.000000126. The Morgan fingerprint density at radius 3 is 1.15 bits per heavy atom. The molecule has 4 heteroatoms. The van der Waals surface area contributed by atoms with Crippen molar-refractivity contribution in [1.29, 1.82) is 0 Å². The standard InChI is InChI=1S/C10H24N.C6H15N.2H2O/c1-5-9-10-11(6-2,7-3)8-4;1-4-7(5-2)6-3;;/h5-10H2,1-4H3;4-6H2,1-3H3;2*1H2/q+1;;;/p-1. The van der Waals surface area contributed by atoms with Gasteiger partial charge in [0.05, 0.1) is 45.8 Å². The summed E-state index contributed by atoms with van der Waals surface area (Å²) < 4.78 is 1.31. The minimum Gasteiger partial charge on any atom is -0.870 e. The molecule has 0 atom stereocenters. The van der Waals surface area contributed by atoms with Crippen LogP contribution in [0.25, 0.3) is 0 Å². The van der Waals surface area contributed by atoms with E-state index in [4.69, 9.17) is 0 Å². The van der Waals surface area contributed by atoms with Crippen molar-refractivity contribution < 1.29 is 20.3 Å². The molecule has 0 heterocycles. The molecular weight excluding hydrogens is 252 g/mol. The van der Waals surface area contributed by atoms with Gasteiger partial charge in [0.15, 0.2) is 0 Å². The summed E-state index contributed by atoms with van der Waals surface area (Å²) in [6.45, 7) is 25.0. The molecule has 4 nitrogen and oxygen atoms in total. The van der Waals surface area contributed by atoms with Crippen LogP contribution < -0.4 is 4.90 Å². The van der Waals surface area contributed by atoms with Gasteiger partial charge in [-0.15, -0.1) is 0 Å². The number of unbranched alkanes of at least 4 members (excludes halogenated alkanes) is 1. The minimum absolute atomic E-state index is 0. The van der Waals surface area contributed by atoms with Gasteiger partial charge in [0.2, 0.25) is 0 Å². The average molecular weight is 295 g/mol. The van der Waals surface area contributed by atoms with Crippen LogP contribution in [0.5, 0.6) is 0 Å². The Morgan fingerprint density at radius 2 is 1.00 bits per heavy atom. The zero-order valence-electron chi connectivity index (χ0n) is 15.2. The minimum atomic E-state index is 0. The Labute approximate surface area is 128 Å². The van der Waals surface area contributed by atoms with Crippen LogP contribution in [0.2, 0.25) is 0 Å². The fraction of sp³-hybridized carbons (Fsp3) is 1.00. The number of nitrogens with zero attached hydrogens (tertiary/aromatic N) is 1. The molecule has 0 rings (SSSR count). The monoisotopic (exact) mass is 294 g/mol. The van der Waals surface area contributed by atoms with Gasteiger partial charge in [-0.25, -0.2) is 0 Å². The van der Waals surface area contributed by atoms with Crippen molar-refractivity contribution >= 4 is 0 Å². The van der Waals surface area contributed by atoms with E-state index in [0.717, 1.165) is 0 Å². The second-order valence-electron chi connectivity index (χ2n) is 5.18. The Kier molecular flexibility index (Phi) is 26.4. The lowest BCUT2D eigenvalue weighted by Gasteiger charge is -2.35. The molecule has 0 aromatic carbocycles. The molecule has 0 saturated heterocycles. The topological polar surface area (TPSA) is 64.4 Å². The maximum atomic E-state index is 2.31. The first-order valence-electron chi connectivity index (χ1n) is 8.28. The number of quaternary nitrogens is 2. The van der Waals surface area contributed by atoms with Gasteiger partial charge in [-0.1, -0.05) is 13.3 Å². The molecule has 20 heavy (non-hydrogen) atoms. The summed E-state index contributed by atoms with van der Waals surface area (Å²) in [5.74, 6) is 0. The smallest absolute Gasteiger partial charge is 0.0786 e. The second-order valence-corrected chi connectivity index (χ2v) is 5.18. The van der Waals surface area contributed by atoms with Crippen molar-refractivity contribution in [2.24, 2.45) is 0 Å². The van der Waals surface area contributed by atoms with Gasteiger partial charge in [0, 0.05) is 0 Å². The molecule has 0 amide bonds. The van der Waals surface area contributed by atoms with Crippen molar-refractivity contribution in [3.63, 3.8) is 0 Å². The van der Waals surface area contributed by atoms with Gasteiger partial charge in [-0.05, 0) is 48.0 Å². The van der Waals surface area contributed by atoms with Gasteiger partial charge in [-0.2, -0.15) is 0 Å². The molecular formula is C16H42N2O2. The van der Waals surface area contributed by atoms with Crippen LogP contribution in [0.4, 0.5) is 0 Å². The van der Waals surface area contributed by atoms with Crippen LogP contribution in [0.3, 0.4) is 0 Å². The van der Waals surface area contributed by atoms with Crippen molar-refractivity contribution in [2.75, 3.05) is 45.8 Å². The molecule has 0 spiro atoms. The van der Waals surface area contributed by atoms with E-state index >= 15 is 0 Å². The van der Waals surface area contributed by atoms with Gasteiger partial charge in [-0.3, -0.25) is 0 Å². The Hall–Kier alpha value is -0.160. The van der Waals surface area contributed by atoms with E-state index < -0.39 is 0 Å². The van der Waals surface area contributed by atoms with Crippen LogP contribution in [0.1, 0.15) is 61.3 Å². The molecule has 3 N–H and O–H groups in total. The molecule has 0 aliphatic heterocycles. The largest absolute Gasteiger partial charge is 0.870 e. The van der Waals surface area contributed by atoms with Crippen molar-refractivity contribution in [1.82, 2.24) is 0 Å². The average Bonchev–Trinajstić information content (AvgIpc) is 2.44. The van der Waals surface area contributed by atoms with Crippen molar-refractivity contribution in [2.45, 2.75) is 61.3 Å². The zero-order valence-corrected chi connectivity index (χ0v) is 15.2. The van der Waals surface area contributed by atoms with Gasteiger partial charge >= 0.3 is 0 Å².